The Morgan fingerprint density at radius 2 is 1.89 bits per heavy atom. The number of hydrogen-bond acceptors (Lipinski definition) is 5. The molecule has 2 fully saturated rings. The molecule has 0 aromatic heterocycles. The predicted molar refractivity (Wildman–Crippen MR) is 144 cm³/mol. The Kier molecular flexibility index (Phi) is 7.01. The van der Waals surface area contributed by atoms with E-state index in [1.54, 1.807) is 4.90 Å². The molecule has 1 unspecified atom stereocenters. The summed E-state index contributed by atoms with van der Waals surface area (Å²) >= 11 is 6.28. The van der Waals surface area contributed by atoms with Gasteiger partial charge in [-0.3, -0.25) is 19.7 Å². The van der Waals surface area contributed by atoms with Gasteiger partial charge < -0.3 is 14.5 Å². The smallest absolute Gasteiger partial charge is 0.255 e. The average Bonchev–Trinajstić information content (AvgIpc) is 3.43. The van der Waals surface area contributed by atoms with E-state index in [1.807, 2.05) is 18.2 Å². The van der Waals surface area contributed by atoms with Gasteiger partial charge in [0.2, 0.25) is 11.8 Å². The zero-order valence-corrected chi connectivity index (χ0v) is 22.4. The molecule has 6 rings (SSSR count). The van der Waals surface area contributed by atoms with Crippen LogP contribution in [-0.4, -0.2) is 53.2 Å². The first-order chi connectivity index (χ1) is 18.4. The maximum Gasteiger partial charge on any atom is 0.255 e. The number of nitrogens with one attached hydrogen (secondary N) is 1. The normalized spacial score (nSPS) is 22.6. The van der Waals surface area contributed by atoms with Crippen molar-refractivity contribution in [1.82, 2.24) is 15.1 Å². The van der Waals surface area contributed by atoms with Gasteiger partial charge in [-0.25, -0.2) is 0 Å². The van der Waals surface area contributed by atoms with Crippen molar-refractivity contribution in [3.05, 3.63) is 69.2 Å². The highest BCUT2D eigenvalue weighted by molar-refractivity contribution is 6.30. The molecule has 0 aliphatic carbocycles. The van der Waals surface area contributed by atoms with Crippen molar-refractivity contribution < 1.29 is 19.1 Å². The Labute approximate surface area is 228 Å². The van der Waals surface area contributed by atoms with Gasteiger partial charge in [0.1, 0.15) is 6.04 Å². The van der Waals surface area contributed by atoms with Crippen molar-refractivity contribution >= 4 is 29.3 Å². The average molecular weight is 536 g/mol. The van der Waals surface area contributed by atoms with Gasteiger partial charge in [0.05, 0.1) is 12.2 Å². The van der Waals surface area contributed by atoms with E-state index in [2.05, 4.69) is 28.4 Å². The molecule has 200 valence electrons. The lowest BCUT2D eigenvalue weighted by molar-refractivity contribution is -0.136. The topological polar surface area (TPSA) is 79.0 Å². The number of piperidine rings is 2. The maximum atomic E-state index is 13.0. The molecule has 0 bridgehead atoms. The van der Waals surface area contributed by atoms with Gasteiger partial charge in [0.25, 0.3) is 5.91 Å². The highest BCUT2D eigenvalue weighted by Crippen LogP contribution is 2.45. The van der Waals surface area contributed by atoms with Gasteiger partial charge in [-0.15, -0.1) is 0 Å². The van der Waals surface area contributed by atoms with E-state index < -0.39 is 6.04 Å². The van der Waals surface area contributed by atoms with Gasteiger partial charge in [-0.1, -0.05) is 36.2 Å². The summed E-state index contributed by atoms with van der Waals surface area (Å²) in [4.78, 5) is 41.1. The number of rotatable bonds is 7. The van der Waals surface area contributed by atoms with Crippen molar-refractivity contribution in [3.63, 3.8) is 0 Å². The first kappa shape index (κ1) is 25.5. The van der Waals surface area contributed by atoms with Crippen LogP contribution >= 0.6 is 11.6 Å². The van der Waals surface area contributed by atoms with Crippen LogP contribution < -0.4 is 5.32 Å². The minimum Gasteiger partial charge on any atom is -0.365 e. The van der Waals surface area contributed by atoms with Crippen LogP contribution in [0.2, 0.25) is 5.02 Å². The molecule has 1 spiro atoms. The third-order valence-corrected chi connectivity index (χ3v) is 9.07. The summed E-state index contributed by atoms with van der Waals surface area (Å²) in [5.41, 5.74) is 5.34. The molecule has 2 aromatic rings. The predicted octanol–water partition coefficient (Wildman–Crippen LogP) is 4.34. The van der Waals surface area contributed by atoms with E-state index in [4.69, 9.17) is 16.3 Å². The largest absolute Gasteiger partial charge is 0.365 e. The Hall–Kier alpha value is -2.74. The lowest BCUT2D eigenvalue weighted by Gasteiger charge is -2.39. The monoisotopic (exact) mass is 535 g/mol. The van der Waals surface area contributed by atoms with Crippen LogP contribution in [0.25, 0.3) is 0 Å². The molecule has 1 atom stereocenters. The van der Waals surface area contributed by atoms with Gasteiger partial charge in [-0.05, 0) is 85.5 Å². The summed E-state index contributed by atoms with van der Waals surface area (Å²) in [5, 5.41) is 3.16. The number of carbonyl (C=O) groups is 3. The Morgan fingerprint density at radius 1 is 1.05 bits per heavy atom. The number of hydrogen-bond donors (Lipinski definition) is 1. The number of benzene rings is 2. The number of unbranched alkanes of at least 4 members (excludes halogenated alkanes) is 2. The number of amides is 3. The molecule has 3 amide bonds. The molecule has 7 nitrogen and oxygen atoms in total. The first-order valence-corrected chi connectivity index (χ1v) is 14.2. The van der Waals surface area contributed by atoms with Crippen LogP contribution in [-0.2, 0) is 39.5 Å². The van der Waals surface area contributed by atoms with Crippen LogP contribution in [0.1, 0.15) is 77.6 Å². The van der Waals surface area contributed by atoms with Crippen LogP contribution in [0.3, 0.4) is 0 Å². The summed E-state index contributed by atoms with van der Waals surface area (Å²) in [6, 6.07) is 11.5. The molecule has 1 N–H and O–H groups in total. The molecule has 0 radical (unpaired) electrons. The molecule has 8 heteroatoms. The number of fused-ring (bicyclic) bond motifs is 3. The minimum atomic E-state index is -0.566. The van der Waals surface area contributed by atoms with Crippen LogP contribution in [0.4, 0.5) is 0 Å². The van der Waals surface area contributed by atoms with Crippen molar-refractivity contribution in [2.24, 2.45) is 0 Å². The van der Waals surface area contributed by atoms with E-state index in [0.717, 1.165) is 68.7 Å². The number of aryl methyl sites for hydroxylation is 1. The second-order valence-electron chi connectivity index (χ2n) is 11.1. The number of carbonyl (C=O) groups excluding carboxylic acids is 3. The number of halogens is 1. The zero-order chi connectivity index (χ0) is 26.3. The molecule has 38 heavy (non-hydrogen) atoms. The lowest BCUT2D eigenvalue weighted by Crippen LogP contribution is -2.52. The third kappa shape index (κ3) is 4.76. The summed E-state index contributed by atoms with van der Waals surface area (Å²) in [5.74, 6) is -0.724. The van der Waals surface area contributed by atoms with E-state index in [0.29, 0.717) is 25.1 Å². The van der Waals surface area contributed by atoms with Crippen molar-refractivity contribution in [3.8, 4) is 0 Å². The quantitative estimate of drug-likeness (QED) is 0.421. The van der Waals surface area contributed by atoms with Crippen LogP contribution in [0.5, 0.6) is 0 Å². The molecule has 2 saturated heterocycles. The Balaban J connectivity index is 0.974. The standard InChI is InChI=1S/C30H34ClN3O4/c31-22-9-8-21-19-38-30(25(21)17-22)12-15-33(16-13-30)14-3-1-2-5-20-6-4-7-23-24(20)18-34(29(23)37)26-10-11-27(35)32-28(26)36/h4,6-9,17,26H,1-3,5,10-16,18-19H2,(H,32,35,36). The number of likely N-dealkylation sites (tertiary alicyclic amines) is 1. The summed E-state index contributed by atoms with van der Waals surface area (Å²) in [6.45, 7) is 4.30. The van der Waals surface area contributed by atoms with E-state index in [-0.39, 0.29) is 29.7 Å². The fraction of sp³-hybridized carbons (Fsp3) is 0.500. The summed E-state index contributed by atoms with van der Waals surface area (Å²) in [6.07, 6.45) is 6.95. The second-order valence-corrected chi connectivity index (χ2v) is 11.5. The molecular formula is C30H34ClN3O4. The molecule has 4 aliphatic rings. The SMILES string of the molecule is O=C1CCC(N2Cc3c(CCCCCN4CCC5(CC4)OCc4ccc(Cl)cc45)cccc3C2=O)C(=O)N1. The first-order valence-electron chi connectivity index (χ1n) is 13.8. The zero-order valence-electron chi connectivity index (χ0n) is 21.6. The van der Waals surface area contributed by atoms with Gasteiger partial charge >= 0.3 is 0 Å². The minimum absolute atomic E-state index is 0.102. The highest BCUT2D eigenvalue weighted by Gasteiger charge is 2.43. The lowest BCUT2D eigenvalue weighted by atomic mass is 9.84. The highest BCUT2D eigenvalue weighted by atomic mass is 35.5. The number of ether oxygens (including phenoxy) is 1. The number of imide groups is 1. The van der Waals surface area contributed by atoms with E-state index in [1.165, 1.54) is 16.7 Å². The Bertz CT molecular complexity index is 1270. The fourth-order valence-corrected chi connectivity index (χ4v) is 6.83. The van der Waals surface area contributed by atoms with Gasteiger partial charge in [0.15, 0.2) is 0 Å². The molecular weight excluding hydrogens is 502 g/mol. The van der Waals surface area contributed by atoms with Crippen LogP contribution in [0.15, 0.2) is 36.4 Å². The van der Waals surface area contributed by atoms with E-state index >= 15 is 0 Å². The molecule has 4 heterocycles. The van der Waals surface area contributed by atoms with Crippen molar-refractivity contribution in [1.29, 1.82) is 0 Å². The molecule has 4 aliphatic heterocycles. The summed E-state index contributed by atoms with van der Waals surface area (Å²) in [7, 11) is 0. The number of nitrogens with zero attached hydrogens (tertiary/aromatic N) is 2. The van der Waals surface area contributed by atoms with Gasteiger partial charge in [0, 0.05) is 36.6 Å². The molecule has 0 saturated carbocycles. The van der Waals surface area contributed by atoms with Crippen molar-refractivity contribution in [2.75, 3.05) is 19.6 Å². The van der Waals surface area contributed by atoms with Crippen LogP contribution in [0, 0.1) is 0 Å². The third-order valence-electron chi connectivity index (χ3n) is 8.83. The van der Waals surface area contributed by atoms with Crippen molar-refractivity contribution in [2.45, 2.75) is 76.2 Å². The molecule has 2 aromatic carbocycles. The Morgan fingerprint density at radius 3 is 2.71 bits per heavy atom. The van der Waals surface area contributed by atoms with Gasteiger partial charge in [-0.2, -0.15) is 0 Å². The maximum absolute atomic E-state index is 13.0. The summed E-state index contributed by atoms with van der Waals surface area (Å²) < 4.78 is 6.30. The second kappa shape index (κ2) is 10.4. The van der Waals surface area contributed by atoms with E-state index in [9.17, 15) is 14.4 Å². The fourth-order valence-electron chi connectivity index (χ4n) is 6.66.